The minimum atomic E-state index is -0.0619. The number of aromatic hydroxyl groups is 2. The second-order valence-corrected chi connectivity index (χ2v) is 16.3. The zero-order chi connectivity index (χ0) is 40.6. The van der Waals surface area contributed by atoms with Crippen LogP contribution < -0.4 is 0 Å². The van der Waals surface area contributed by atoms with Gasteiger partial charge < -0.3 is 10.2 Å². The maximum absolute atomic E-state index is 11.2. The average molecular weight is 771 g/mol. The van der Waals surface area contributed by atoms with Gasteiger partial charge in [0.05, 0.1) is 0 Å². The van der Waals surface area contributed by atoms with Crippen molar-refractivity contribution >= 4 is 32.3 Å². The van der Waals surface area contributed by atoms with Crippen LogP contribution in [0.1, 0.15) is 27.8 Å². The standard InChI is InChI=1S/C58H42O2/c1-34-35(2)57(59)58(60)36(3)52(34)56-48-26-13-11-24-46(48)54(47-25-12-14-27-49(47)56)50-30-31-51(45-23-10-9-22-44(45)50)55-43(29-28-41-33-39-18-7-8-21-42(39)53(41)55)40-20-15-19-38(32-40)37-16-5-4-6-17-37/h4-32,59-60H,33H2,1-3H3. The molecule has 10 aromatic rings. The van der Waals surface area contributed by atoms with Crippen molar-refractivity contribution in [2.45, 2.75) is 27.2 Å². The van der Waals surface area contributed by atoms with E-state index in [1.807, 2.05) is 20.8 Å². The maximum atomic E-state index is 11.2. The molecule has 0 unspecified atom stereocenters. The molecule has 0 spiro atoms. The molecule has 2 nitrogen and oxygen atoms in total. The van der Waals surface area contributed by atoms with Crippen molar-refractivity contribution in [3.63, 3.8) is 0 Å². The van der Waals surface area contributed by atoms with E-state index in [1.54, 1.807) is 0 Å². The summed E-state index contributed by atoms with van der Waals surface area (Å²) in [5.74, 6) is -0.113. The van der Waals surface area contributed by atoms with Crippen LogP contribution in [0.4, 0.5) is 0 Å². The van der Waals surface area contributed by atoms with E-state index in [2.05, 4.69) is 176 Å². The van der Waals surface area contributed by atoms with Gasteiger partial charge in [-0.1, -0.05) is 170 Å². The van der Waals surface area contributed by atoms with E-state index in [-0.39, 0.29) is 11.5 Å². The highest BCUT2D eigenvalue weighted by Gasteiger charge is 2.28. The minimum absolute atomic E-state index is 0.0508. The van der Waals surface area contributed by atoms with Gasteiger partial charge in [-0.25, -0.2) is 0 Å². The zero-order valence-electron chi connectivity index (χ0n) is 33.8. The third kappa shape index (κ3) is 5.34. The quantitative estimate of drug-likeness (QED) is 0.135. The first-order valence-electron chi connectivity index (χ1n) is 20.8. The van der Waals surface area contributed by atoms with E-state index in [0.717, 1.165) is 44.7 Å². The van der Waals surface area contributed by atoms with Gasteiger partial charge >= 0.3 is 0 Å². The topological polar surface area (TPSA) is 40.5 Å². The predicted molar refractivity (Wildman–Crippen MR) is 252 cm³/mol. The molecule has 2 N–H and O–H groups in total. The third-order valence-electron chi connectivity index (χ3n) is 13.1. The van der Waals surface area contributed by atoms with Crippen LogP contribution in [-0.2, 0) is 6.42 Å². The van der Waals surface area contributed by atoms with Crippen molar-refractivity contribution in [2.75, 3.05) is 0 Å². The van der Waals surface area contributed by atoms with Gasteiger partial charge in [0.2, 0.25) is 0 Å². The molecule has 0 saturated carbocycles. The summed E-state index contributed by atoms with van der Waals surface area (Å²) in [7, 11) is 0. The number of phenols is 2. The molecule has 0 bridgehead atoms. The molecule has 1 aliphatic rings. The van der Waals surface area contributed by atoms with Crippen molar-refractivity contribution < 1.29 is 10.2 Å². The number of rotatable bonds is 5. The van der Waals surface area contributed by atoms with Gasteiger partial charge in [0.1, 0.15) is 0 Å². The summed E-state index contributed by atoms with van der Waals surface area (Å²) in [4.78, 5) is 0. The highest BCUT2D eigenvalue weighted by Crippen LogP contribution is 2.53. The van der Waals surface area contributed by atoms with Crippen LogP contribution >= 0.6 is 0 Å². The van der Waals surface area contributed by atoms with Crippen LogP contribution in [0, 0.1) is 20.8 Å². The number of phenolic OH excluding ortho intramolecular Hbond substituents is 2. The van der Waals surface area contributed by atoms with Crippen molar-refractivity contribution in [1.29, 1.82) is 0 Å². The molecule has 0 atom stereocenters. The van der Waals surface area contributed by atoms with Gasteiger partial charge in [-0.2, -0.15) is 0 Å². The van der Waals surface area contributed by atoms with Crippen LogP contribution in [0.3, 0.4) is 0 Å². The lowest BCUT2D eigenvalue weighted by molar-refractivity contribution is 0.398. The summed E-state index contributed by atoms with van der Waals surface area (Å²) in [5.41, 5.74) is 19.4. The first-order chi connectivity index (χ1) is 29.4. The fourth-order valence-corrected chi connectivity index (χ4v) is 10.2. The second-order valence-electron chi connectivity index (χ2n) is 16.3. The van der Waals surface area contributed by atoms with Gasteiger partial charge in [0, 0.05) is 5.56 Å². The lowest BCUT2D eigenvalue weighted by Crippen LogP contribution is -1.98. The van der Waals surface area contributed by atoms with Crippen LogP contribution in [0.15, 0.2) is 176 Å². The van der Waals surface area contributed by atoms with Crippen molar-refractivity contribution in [3.05, 3.63) is 204 Å². The average Bonchev–Trinajstić information content (AvgIpc) is 3.69. The molecular formula is C58H42O2. The Morgan fingerprint density at radius 3 is 1.47 bits per heavy atom. The molecular weight excluding hydrogens is 729 g/mol. The van der Waals surface area contributed by atoms with E-state index in [9.17, 15) is 10.2 Å². The molecule has 0 fully saturated rings. The molecule has 0 amide bonds. The Kier molecular flexibility index (Phi) is 8.25. The molecule has 1 aliphatic carbocycles. The molecule has 286 valence electrons. The Morgan fingerprint density at radius 2 is 0.800 bits per heavy atom. The molecule has 0 aromatic heterocycles. The second kappa shape index (κ2) is 13.9. The first-order valence-corrected chi connectivity index (χ1v) is 20.8. The smallest absolute Gasteiger partial charge is 0.161 e. The summed E-state index contributed by atoms with van der Waals surface area (Å²) in [6.07, 6.45) is 0.917. The molecule has 0 aliphatic heterocycles. The van der Waals surface area contributed by atoms with E-state index >= 15 is 0 Å². The summed E-state index contributed by atoms with van der Waals surface area (Å²) in [5, 5.41) is 28.9. The molecule has 10 aromatic carbocycles. The number of hydrogen-bond acceptors (Lipinski definition) is 2. The van der Waals surface area contributed by atoms with Crippen LogP contribution in [0.25, 0.3) is 99.1 Å². The minimum Gasteiger partial charge on any atom is -0.504 e. The van der Waals surface area contributed by atoms with Crippen LogP contribution in [0.2, 0.25) is 0 Å². The van der Waals surface area contributed by atoms with E-state index in [1.165, 1.54) is 77.5 Å². The van der Waals surface area contributed by atoms with Gasteiger partial charge in [-0.15, -0.1) is 0 Å². The van der Waals surface area contributed by atoms with E-state index in [4.69, 9.17) is 0 Å². The Balaban J connectivity index is 1.21. The van der Waals surface area contributed by atoms with Gasteiger partial charge in [-0.3, -0.25) is 0 Å². The number of fused-ring (bicyclic) bond motifs is 6. The summed E-state index contributed by atoms with van der Waals surface area (Å²) < 4.78 is 0. The molecule has 0 saturated heterocycles. The third-order valence-corrected chi connectivity index (χ3v) is 13.1. The van der Waals surface area contributed by atoms with Crippen molar-refractivity contribution in [1.82, 2.24) is 0 Å². The van der Waals surface area contributed by atoms with E-state index in [0.29, 0.717) is 11.1 Å². The van der Waals surface area contributed by atoms with Gasteiger partial charge in [0.15, 0.2) is 11.5 Å². The van der Waals surface area contributed by atoms with Crippen LogP contribution in [-0.4, -0.2) is 10.2 Å². The molecule has 11 rings (SSSR count). The fourth-order valence-electron chi connectivity index (χ4n) is 10.2. The van der Waals surface area contributed by atoms with Gasteiger partial charge in [0.25, 0.3) is 0 Å². The zero-order valence-corrected chi connectivity index (χ0v) is 33.8. The van der Waals surface area contributed by atoms with Gasteiger partial charge in [-0.05, 0) is 155 Å². The SMILES string of the molecule is Cc1c(C)c(-c2c3ccccc3c(-c3ccc(-c4c(-c5cccc(-c6ccccc6)c5)ccc5c4-c4ccccc4C5)c4ccccc34)c3ccccc23)c(C)c(O)c1O. The highest BCUT2D eigenvalue weighted by molar-refractivity contribution is 6.25. The Morgan fingerprint density at radius 1 is 0.300 bits per heavy atom. The van der Waals surface area contributed by atoms with E-state index < -0.39 is 0 Å². The Labute approximate surface area is 350 Å². The van der Waals surface area contributed by atoms with Crippen LogP contribution in [0.5, 0.6) is 11.5 Å². The van der Waals surface area contributed by atoms with Crippen molar-refractivity contribution in [3.8, 4) is 78.3 Å². The fraction of sp³-hybridized carbons (Fsp3) is 0.0690. The van der Waals surface area contributed by atoms with Crippen molar-refractivity contribution in [2.24, 2.45) is 0 Å². The lowest BCUT2D eigenvalue weighted by Gasteiger charge is -2.23. The largest absolute Gasteiger partial charge is 0.504 e. The lowest BCUT2D eigenvalue weighted by atomic mass is 9.80. The molecule has 0 radical (unpaired) electrons. The summed E-state index contributed by atoms with van der Waals surface area (Å²) >= 11 is 0. The molecule has 60 heavy (non-hydrogen) atoms. The predicted octanol–water partition coefficient (Wildman–Crippen LogP) is 15.4. The Bertz CT molecular complexity index is 3300. The number of hydrogen-bond donors (Lipinski definition) is 2. The summed E-state index contributed by atoms with van der Waals surface area (Å²) in [6, 6.07) is 64.2. The Hall–Kier alpha value is -7.42. The summed E-state index contributed by atoms with van der Waals surface area (Å²) in [6.45, 7) is 5.84. The number of benzene rings is 10. The molecule has 0 heterocycles. The highest BCUT2D eigenvalue weighted by atomic mass is 16.3. The maximum Gasteiger partial charge on any atom is 0.161 e. The first kappa shape index (κ1) is 35.7. The molecule has 2 heteroatoms. The normalized spacial score (nSPS) is 12.0. The monoisotopic (exact) mass is 770 g/mol.